The standard InChI is InChI=1S/C12H11ClN4OS/c1-7-14-11(16-18-7)4-5-17-10-3-2-8(13)6-9(10)15-12(17)19/h2-3,6H,4-5H2,1H3,(H,15,19). The monoisotopic (exact) mass is 294 g/mol. The number of imidazole rings is 1. The summed E-state index contributed by atoms with van der Waals surface area (Å²) in [4.78, 5) is 7.32. The van der Waals surface area contributed by atoms with Gasteiger partial charge in [-0.3, -0.25) is 0 Å². The van der Waals surface area contributed by atoms with E-state index in [2.05, 4.69) is 15.1 Å². The Bertz CT molecular complexity index is 788. The molecule has 1 aromatic carbocycles. The van der Waals surface area contributed by atoms with Crippen molar-refractivity contribution in [3.8, 4) is 0 Å². The van der Waals surface area contributed by atoms with Gasteiger partial charge in [-0.2, -0.15) is 4.98 Å². The molecular weight excluding hydrogens is 284 g/mol. The number of rotatable bonds is 3. The van der Waals surface area contributed by atoms with Gasteiger partial charge in [-0.1, -0.05) is 16.8 Å². The fourth-order valence-electron chi connectivity index (χ4n) is 2.01. The average Bonchev–Trinajstić information content (AvgIpc) is 2.89. The summed E-state index contributed by atoms with van der Waals surface area (Å²) >= 11 is 11.3. The lowest BCUT2D eigenvalue weighted by molar-refractivity contribution is 0.386. The molecule has 7 heteroatoms. The van der Waals surface area contributed by atoms with Crippen LogP contribution in [0.3, 0.4) is 0 Å². The molecule has 0 saturated carbocycles. The first-order valence-corrected chi connectivity index (χ1v) is 6.59. The SMILES string of the molecule is Cc1nc(CCn2c(=S)[nH]c3cc(Cl)ccc32)no1. The average molecular weight is 295 g/mol. The Balaban J connectivity index is 1.92. The number of aryl methyl sites for hydroxylation is 3. The maximum atomic E-state index is 5.96. The molecule has 2 heterocycles. The van der Waals surface area contributed by atoms with E-state index >= 15 is 0 Å². The first-order valence-electron chi connectivity index (χ1n) is 5.81. The molecule has 0 aliphatic rings. The lowest BCUT2D eigenvalue weighted by atomic mass is 10.3. The van der Waals surface area contributed by atoms with E-state index in [1.54, 1.807) is 6.92 Å². The largest absolute Gasteiger partial charge is 0.340 e. The van der Waals surface area contributed by atoms with Crippen LogP contribution < -0.4 is 0 Å². The summed E-state index contributed by atoms with van der Waals surface area (Å²) in [5.41, 5.74) is 1.96. The lowest BCUT2D eigenvalue weighted by Gasteiger charge is -2.01. The number of halogens is 1. The summed E-state index contributed by atoms with van der Waals surface area (Å²) in [7, 11) is 0. The predicted octanol–water partition coefficient (Wildman–Crippen LogP) is 3.29. The van der Waals surface area contributed by atoms with E-state index in [4.69, 9.17) is 28.3 Å². The first kappa shape index (κ1) is 12.4. The molecular formula is C12H11ClN4OS. The van der Waals surface area contributed by atoms with E-state index in [1.165, 1.54) is 0 Å². The van der Waals surface area contributed by atoms with Crippen LogP contribution in [0.2, 0.25) is 5.02 Å². The zero-order valence-corrected chi connectivity index (χ0v) is 11.8. The molecule has 0 fully saturated rings. The Labute approximate surface area is 119 Å². The Kier molecular flexibility index (Phi) is 3.12. The second-order valence-corrected chi connectivity index (χ2v) is 5.05. The third-order valence-corrected chi connectivity index (χ3v) is 3.42. The van der Waals surface area contributed by atoms with Crippen molar-refractivity contribution in [1.82, 2.24) is 19.7 Å². The van der Waals surface area contributed by atoms with Crippen LogP contribution in [0, 0.1) is 11.7 Å². The van der Waals surface area contributed by atoms with Crippen molar-refractivity contribution < 1.29 is 4.52 Å². The van der Waals surface area contributed by atoms with Gasteiger partial charge in [0.05, 0.1) is 11.0 Å². The first-order chi connectivity index (χ1) is 9.13. The second kappa shape index (κ2) is 4.79. The van der Waals surface area contributed by atoms with Crippen molar-refractivity contribution in [3.05, 3.63) is 39.7 Å². The summed E-state index contributed by atoms with van der Waals surface area (Å²) in [6.45, 7) is 2.47. The minimum Gasteiger partial charge on any atom is -0.340 e. The number of aromatic amines is 1. The van der Waals surface area contributed by atoms with Crippen LogP contribution in [0.5, 0.6) is 0 Å². The molecule has 19 heavy (non-hydrogen) atoms. The number of aromatic nitrogens is 4. The topological polar surface area (TPSA) is 59.6 Å². The molecule has 0 spiro atoms. The fourth-order valence-corrected chi connectivity index (χ4v) is 2.48. The summed E-state index contributed by atoms with van der Waals surface area (Å²) < 4.78 is 7.62. The molecule has 5 nitrogen and oxygen atoms in total. The van der Waals surface area contributed by atoms with Crippen LogP contribution >= 0.6 is 23.8 Å². The van der Waals surface area contributed by atoms with Crippen molar-refractivity contribution in [2.24, 2.45) is 0 Å². The molecule has 0 bridgehead atoms. The van der Waals surface area contributed by atoms with Crippen molar-refractivity contribution in [2.75, 3.05) is 0 Å². The Morgan fingerprint density at radius 2 is 2.32 bits per heavy atom. The van der Waals surface area contributed by atoms with Crippen molar-refractivity contribution in [2.45, 2.75) is 19.9 Å². The fraction of sp³-hybridized carbons (Fsp3) is 0.250. The molecule has 0 aliphatic heterocycles. The maximum Gasteiger partial charge on any atom is 0.223 e. The van der Waals surface area contributed by atoms with Gasteiger partial charge in [0.1, 0.15) is 0 Å². The zero-order chi connectivity index (χ0) is 13.4. The molecule has 3 aromatic rings. The van der Waals surface area contributed by atoms with Crippen LogP contribution in [0.4, 0.5) is 0 Å². The molecule has 0 amide bonds. The summed E-state index contributed by atoms with van der Waals surface area (Å²) in [5, 5.41) is 4.56. The quantitative estimate of drug-likeness (QED) is 0.753. The van der Waals surface area contributed by atoms with Gasteiger partial charge in [0, 0.05) is 24.9 Å². The highest BCUT2D eigenvalue weighted by molar-refractivity contribution is 7.71. The highest BCUT2D eigenvalue weighted by Gasteiger charge is 2.07. The van der Waals surface area contributed by atoms with E-state index in [-0.39, 0.29) is 0 Å². The van der Waals surface area contributed by atoms with Crippen LogP contribution in [0.25, 0.3) is 11.0 Å². The number of nitrogens with one attached hydrogen (secondary N) is 1. The van der Waals surface area contributed by atoms with E-state index in [0.29, 0.717) is 34.5 Å². The molecule has 1 N–H and O–H groups in total. The van der Waals surface area contributed by atoms with Crippen molar-refractivity contribution >= 4 is 34.9 Å². The van der Waals surface area contributed by atoms with Crippen LogP contribution in [-0.2, 0) is 13.0 Å². The maximum absolute atomic E-state index is 5.96. The lowest BCUT2D eigenvalue weighted by Crippen LogP contribution is -2.02. The summed E-state index contributed by atoms with van der Waals surface area (Å²) in [5.74, 6) is 1.26. The molecule has 98 valence electrons. The van der Waals surface area contributed by atoms with Crippen LogP contribution in [0.15, 0.2) is 22.7 Å². The summed E-state index contributed by atoms with van der Waals surface area (Å²) in [6, 6.07) is 5.66. The van der Waals surface area contributed by atoms with Gasteiger partial charge in [-0.05, 0) is 30.4 Å². The smallest absolute Gasteiger partial charge is 0.223 e. The molecule has 0 unspecified atom stereocenters. The third-order valence-electron chi connectivity index (χ3n) is 2.86. The molecule has 0 radical (unpaired) electrons. The normalized spacial score (nSPS) is 11.3. The van der Waals surface area contributed by atoms with E-state index in [0.717, 1.165) is 11.0 Å². The minimum absolute atomic E-state index is 0.573. The molecule has 0 aliphatic carbocycles. The van der Waals surface area contributed by atoms with Crippen molar-refractivity contribution in [3.63, 3.8) is 0 Å². The minimum atomic E-state index is 0.573. The number of fused-ring (bicyclic) bond motifs is 1. The highest BCUT2D eigenvalue weighted by Crippen LogP contribution is 2.19. The van der Waals surface area contributed by atoms with Gasteiger partial charge in [0.15, 0.2) is 10.6 Å². The van der Waals surface area contributed by atoms with Gasteiger partial charge in [0.25, 0.3) is 0 Å². The highest BCUT2D eigenvalue weighted by atomic mass is 35.5. The molecule has 2 aromatic heterocycles. The number of benzene rings is 1. The molecule has 0 saturated heterocycles. The van der Waals surface area contributed by atoms with Gasteiger partial charge < -0.3 is 14.1 Å². The van der Waals surface area contributed by atoms with Crippen LogP contribution in [0.1, 0.15) is 11.7 Å². The second-order valence-electron chi connectivity index (χ2n) is 4.22. The zero-order valence-electron chi connectivity index (χ0n) is 10.2. The summed E-state index contributed by atoms with van der Waals surface area (Å²) in [6.07, 6.45) is 0.668. The van der Waals surface area contributed by atoms with E-state index < -0.39 is 0 Å². The number of hydrogen-bond donors (Lipinski definition) is 1. The molecule has 0 atom stereocenters. The Morgan fingerprint density at radius 1 is 1.47 bits per heavy atom. The number of H-pyrrole nitrogens is 1. The van der Waals surface area contributed by atoms with Crippen LogP contribution in [-0.4, -0.2) is 19.7 Å². The third kappa shape index (κ3) is 2.41. The Hall–Kier alpha value is -1.66. The van der Waals surface area contributed by atoms with Gasteiger partial charge in [0.2, 0.25) is 5.89 Å². The van der Waals surface area contributed by atoms with Gasteiger partial charge >= 0.3 is 0 Å². The number of nitrogens with zero attached hydrogens (tertiary/aromatic N) is 3. The van der Waals surface area contributed by atoms with E-state index in [9.17, 15) is 0 Å². The van der Waals surface area contributed by atoms with Crippen molar-refractivity contribution in [1.29, 1.82) is 0 Å². The number of hydrogen-bond acceptors (Lipinski definition) is 4. The van der Waals surface area contributed by atoms with Gasteiger partial charge in [-0.15, -0.1) is 0 Å². The predicted molar refractivity (Wildman–Crippen MR) is 74.9 cm³/mol. The Morgan fingerprint density at radius 3 is 3.05 bits per heavy atom. The van der Waals surface area contributed by atoms with E-state index in [1.807, 2.05) is 22.8 Å². The van der Waals surface area contributed by atoms with Gasteiger partial charge in [-0.25, -0.2) is 0 Å². The molecule has 3 rings (SSSR count).